The first-order valence-corrected chi connectivity index (χ1v) is 9.12. The van der Waals surface area contributed by atoms with E-state index >= 15 is 0 Å². The van der Waals surface area contributed by atoms with E-state index in [0.29, 0.717) is 31.2 Å². The molecule has 3 rings (SSSR count). The van der Waals surface area contributed by atoms with Gasteiger partial charge in [-0.1, -0.05) is 6.42 Å². The summed E-state index contributed by atoms with van der Waals surface area (Å²) in [6.45, 7) is 3.79. The molecule has 0 bridgehead atoms. The zero-order valence-electron chi connectivity index (χ0n) is 15.3. The Hall–Kier alpha value is -1.35. The largest absolute Gasteiger partial charge is 0.383 e. The summed E-state index contributed by atoms with van der Waals surface area (Å²) in [7, 11) is 1.61. The van der Waals surface area contributed by atoms with E-state index in [9.17, 15) is 4.79 Å². The Morgan fingerprint density at radius 3 is 3.15 bits per heavy atom. The van der Waals surface area contributed by atoms with Gasteiger partial charge < -0.3 is 25.4 Å². The molecule has 1 aliphatic carbocycles. The summed E-state index contributed by atoms with van der Waals surface area (Å²) in [6, 6.07) is 0.850. The van der Waals surface area contributed by atoms with Crippen molar-refractivity contribution in [2.24, 2.45) is 5.92 Å². The minimum absolute atomic E-state index is 0. The van der Waals surface area contributed by atoms with Crippen LogP contribution in [0.15, 0.2) is 12.4 Å². The minimum atomic E-state index is -0.0611. The summed E-state index contributed by atoms with van der Waals surface area (Å²) in [5, 5.41) is 14.3. The molecule has 1 aromatic heterocycles. The molecule has 148 valence electrons. The van der Waals surface area contributed by atoms with Crippen LogP contribution in [0.4, 0.5) is 5.69 Å². The fourth-order valence-corrected chi connectivity index (χ4v) is 3.74. The predicted octanol–water partition coefficient (Wildman–Crippen LogP) is 0.637. The van der Waals surface area contributed by atoms with Gasteiger partial charge in [-0.3, -0.25) is 9.48 Å². The first-order chi connectivity index (χ1) is 12.3. The number of aromatic nitrogens is 2. The number of hydrogen-bond donors (Lipinski definition) is 3. The quantitative estimate of drug-likeness (QED) is 0.567. The van der Waals surface area contributed by atoms with Crippen LogP contribution >= 0.6 is 12.4 Å². The van der Waals surface area contributed by atoms with E-state index in [1.807, 2.05) is 6.20 Å². The maximum Gasteiger partial charge on any atom is 0.241 e. The lowest BCUT2D eigenvalue weighted by molar-refractivity contribution is -0.122. The van der Waals surface area contributed by atoms with Crippen LogP contribution in [0.2, 0.25) is 0 Å². The number of carbonyl (C=O) groups is 1. The number of halogens is 1. The molecule has 2 fully saturated rings. The van der Waals surface area contributed by atoms with Crippen LogP contribution in [0.1, 0.15) is 19.3 Å². The third-order valence-electron chi connectivity index (χ3n) is 4.96. The summed E-state index contributed by atoms with van der Waals surface area (Å²) in [5.41, 5.74) is 0.971. The second-order valence-electron chi connectivity index (χ2n) is 6.75. The average molecular weight is 388 g/mol. The number of hydrogen-bond acceptors (Lipinski definition) is 6. The number of nitrogens with one attached hydrogen (secondary N) is 3. The van der Waals surface area contributed by atoms with Crippen molar-refractivity contribution < 1.29 is 14.3 Å². The second kappa shape index (κ2) is 10.7. The third-order valence-corrected chi connectivity index (χ3v) is 4.96. The summed E-state index contributed by atoms with van der Waals surface area (Å²) >= 11 is 0. The van der Waals surface area contributed by atoms with Crippen molar-refractivity contribution >= 4 is 24.0 Å². The molecule has 1 aromatic rings. The zero-order valence-corrected chi connectivity index (χ0v) is 16.1. The molecule has 0 radical (unpaired) electrons. The summed E-state index contributed by atoms with van der Waals surface area (Å²) in [6.07, 6.45) is 7.30. The number of anilines is 1. The van der Waals surface area contributed by atoms with Gasteiger partial charge in [-0.15, -0.1) is 12.4 Å². The highest BCUT2D eigenvalue weighted by atomic mass is 35.5. The predicted molar refractivity (Wildman–Crippen MR) is 102 cm³/mol. The van der Waals surface area contributed by atoms with Crippen LogP contribution in [0, 0.1) is 5.92 Å². The lowest BCUT2D eigenvalue weighted by Gasteiger charge is -2.33. The van der Waals surface area contributed by atoms with Gasteiger partial charge in [0.25, 0.3) is 0 Å². The maximum absolute atomic E-state index is 11.8. The lowest BCUT2D eigenvalue weighted by Crippen LogP contribution is -2.49. The van der Waals surface area contributed by atoms with E-state index in [1.165, 1.54) is 12.8 Å². The molecular weight excluding hydrogens is 358 g/mol. The molecule has 0 spiro atoms. The van der Waals surface area contributed by atoms with Gasteiger partial charge in [0.2, 0.25) is 5.91 Å². The van der Waals surface area contributed by atoms with Crippen molar-refractivity contribution in [2.75, 3.05) is 45.3 Å². The van der Waals surface area contributed by atoms with E-state index in [2.05, 4.69) is 21.0 Å². The molecule has 1 saturated carbocycles. The molecule has 0 aromatic carbocycles. The summed E-state index contributed by atoms with van der Waals surface area (Å²) < 4.78 is 12.2. The summed E-state index contributed by atoms with van der Waals surface area (Å²) in [5.74, 6) is 0.509. The lowest BCUT2D eigenvalue weighted by atomic mass is 9.94. The van der Waals surface area contributed by atoms with Crippen LogP contribution in [0.3, 0.4) is 0 Å². The Bertz CT molecular complexity index is 550. The Labute approximate surface area is 160 Å². The van der Waals surface area contributed by atoms with Gasteiger partial charge in [-0.2, -0.15) is 5.10 Å². The van der Waals surface area contributed by atoms with Crippen molar-refractivity contribution in [3.8, 4) is 0 Å². The average Bonchev–Trinajstić information content (AvgIpc) is 3.26. The maximum atomic E-state index is 11.8. The van der Waals surface area contributed by atoms with Gasteiger partial charge in [-0.05, 0) is 18.8 Å². The number of methoxy groups -OCH3 is 1. The number of ether oxygens (including phenoxy) is 2. The van der Waals surface area contributed by atoms with E-state index in [1.54, 1.807) is 18.0 Å². The van der Waals surface area contributed by atoms with Gasteiger partial charge in [0.15, 0.2) is 0 Å². The van der Waals surface area contributed by atoms with E-state index in [-0.39, 0.29) is 24.9 Å². The number of morpholine rings is 1. The van der Waals surface area contributed by atoms with Crippen LogP contribution in [0.25, 0.3) is 0 Å². The van der Waals surface area contributed by atoms with Crippen LogP contribution < -0.4 is 16.0 Å². The highest BCUT2D eigenvalue weighted by Gasteiger charge is 2.34. The fraction of sp³-hybridized carbons (Fsp3) is 0.765. The number of carbonyl (C=O) groups excluding carboxylic acids is 1. The molecule has 2 heterocycles. The second-order valence-corrected chi connectivity index (χ2v) is 6.75. The van der Waals surface area contributed by atoms with Gasteiger partial charge in [0.05, 0.1) is 31.7 Å². The first kappa shape index (κ1) is 21.0. The number of rotatable bonds is 8. The molecular formula is C17H30ClN5O3. The van der Waals surface area contributed by atoms with Gasteiger partial charge in [-0.25, -0.2) is 0 Å². The van der Waals surface area contributed by atoms with E-state index in [4.69, 9.17) is 9.47 Å². The molecule has 3 unspecified atom stereocenters. The third kappa shape index (κ3) is 5.84. The van der Waals surface area contributed by atoms with Crippen molar-refractivity contribution in [1.82, 2.24) is 20.4 Å². The SMILES string of the molecule is COCCNC(=O)Cn1cc(NC2CCCC2C2COCCN2)cn1.Cl. The smallest absolute Gasteiger partial charge is 0.241 e. The van der Waals surface area contributed by atoms with Crippen molar-refractivity contribution in [2.45, 2.75) is 37.9 Å². The fourth-order valence-electron chi connectivity index (χ4n) is 3.74. The molecule has 3 N–H and O–H groups in total. The Morgan fingerprint density at radius 1 is 1.50 bits per heavy atom. The Balaban J connectivity index is 0.00000243. The standard InChI is InChI=1S/C17H29N5O3.ClH/c1-24-7-5-19-17(23)11-22-10-13(9-20-22)21-15-4-2-3-14(15)16-12-25-8-6-18-16;/h9-10,14-16,18,21H,2-8,11-12H2,1H3,(H,19,23);1H. The molecule has 1 aliphatic heterocycles. The number of amides is 1. The number of nitrogens with zero attached hydrogens (tertiary/aromatic N) is 2. The first-order valence-electron chi connectivity index (χ1n) is 9.12. The monoisotopic (exact) mass is 387 g/mol. The summed E-state index contributed by atoms with van der Waals surface area (Å²) in [4.78, 5) is 11.8. The van der Waals surface area contributed by atoms with Crippen molar-refractivity contribution in [3.05, 3.63) is 12.4 Å². The topological polar surface area (TPSA) is 89.4 Å². The van der Waals surface area contributed by atoms with Crippen LogP contribution in [0.5, 0.6) is 0 Å². The molecule has 9 heteroatoms. The molecule has 2 aliphatic rings. The molecule has 1 saturated heterocycles. The van der Waals surface area contributed by atoms with Crippen LogP contribution in [-0.4, -0.2) is 67.8 Å². The molecule has 3 atom stereocenters. The molecule has 8 nitrogen and oxygen atoms in total. The highest BCUT2D eigenvalue weighted by Crippen LogP contribution is 2.31. The molecule has 26 heavy (non-hydrogen) atoms. The van der Waals surface area contributed by atoms with Crippen LogP contribution in [-0.2, 0) is 20.8 Å². The van der Waals surface area contributed by atoms with Gasteiger partial charge >= 0.3 is 0 Å². The normalized spacial score (nSPS) is 25.5. The Kier molecular flexibility index (Phi) is 8.64. The molecule has 1 amide bonds. The van der Waals surface area contributed by atoms with E-state index in [0.717, 1.165) is 31.9 Å². The highest BCUT2D eigenvalue weighted by molar-refractivity contribution is 5.85. The Morgan fingerprint density at radius 2 is 2.38 bits per heavy atom. The van der Waals surface area contributed by atoms with Gasteiger partial charge in [0, 0.05) is 38.5 Å². The van der Waals surface area contributed by atoms with E-state index < -0.39 is 0 Å². The van der Waals surface area contributed by atoms with Gasteiger partial charge in [0.1, 0.15) is 6.54 Å². The zero-order chi connectivity index (χ0) is 17.5. The van der Waals surface area contributed by atoms with Crippen molar-refractivity contribution in [3.63, 3.8) is 0 Å². The van der Waals surface area contributed by atoms with Crippen molar-refractivity contribution in [1.29, 1.82) is 0 Å². The minimum Gasteiger partial charge on any atom is -0.383 e.